The van der Waals surface area contributed by atoms with Gasteiger partial charge in [0.1, 0.15) is 11.7 Å². The van der Waals surface area contributed by atoms with Crippen LogP contribution in [0.1, 0.15) is 84.0 Å². The van der Waals surface area contributed by atoms with Gasteiger partial charge in [0.15, 0.2) is 5.78 Å². The first-order valence-corrected chi connectivity index (χ1v) is 8.86. The number of ether oxygens (including phenoxy) is 1. The van der Waals surface area contributed by atoms with E-state index < -0.39 is 11.9 Å². The molecule has 1 rings (SSSR count). The van der Waals surface area contributed by atoms with Gasteiger partial charge in [-0.3, -0.25) is 14.4 Å². The van der Waals surface area contributed by atoms with Crippen molar-refractivity contribution in [3.63, 3.8) is 0 Å². The molecule has 0 aromatic carbocycles. The lowest BCUT2D eigenvalue weighted by molar-refractivity contribution is -0.144. The van der Waals surface area contributed by atoms with Crippen molar-refractivity contribution in [2.45, 2.75) is 84.0 Å². The summed E-state index contributed by atoms with van der Waals surface area (Å²) < 4.78 is 4.76. The van der Waals surface area contributed by atoms with Gasteiger partial charge in [0.2, 0.25) is 0 Å². The molecule has 0 unspecified atom stereocenters. The van der Waals surface area contributed by atoms with Crippen LogP contribution in [0.2, 0.25) is 0 Å². The fourth-order valence-corrected chi connectivity index (χ4v) is 2.83. The highest BCUT2D eigenvalue weighted by molar-refractivity contribution is 6.08. The SMILES string of the molecule is CCCCCCCCCCCC(=O)CC(=O)[C@H]1CCOC1=O. The van der Waals surface area contributed by atoms with Crippen molar-refractivity contribution < 1.29 is 19.1 Å². The summed E-state index contributed by atoms with van der Waals surface area (Å²) in [5.74, 6) is -1.44. The molecule has 1 aliphatic heterocycles. The summed E-state index contributed by atoms with van der Waals surface area (Å²) in [5, 5.41) is 0. The van der Waals surface area contributed by atoms with Gasteiger partial charge in [-0.2, -0.15) is 0 Å². The Labute approximate surface area is 134 Å². The monoisotopic (exact) mass is 310 g/mol. The average molecular weight is 310 g/mol. The van der Waals surface area contributed by atoms with Crippen molar-refractivity contribution in [2.24, 2.45) is 5.92 Å². The Morgan fingerprint density at radius 1 is 1.00 bits per heavy atom. The van der Waals surface area contributed by atoms with Crippen molar-refractivity contribution >= 4 is 17.5 Å². The maximum Gasteiger partial charge on any atom is 0.316 e. The molecule has 0 aromatic rings. The van der Waals surface area contributed by atoms with E-state index in [9.17, 15) is 14.4 Å². The molecule has 0 bridgehead atoms. The number of esters is 1. The molecule has 126 valence electrons. The predicted octanol–water partition coefficient (Wildman–Crippen LogP) is 4.00. The Morgan fingerprint density at radius 2 is 1.59 bits per heavy atom. The van der Waals surface area contributed by atoms with Crippen LogP contribution in [-0.2, 0) is 19.1 Å². The van der Waals surface area contributed by atoms with Gasteiger partial charge in [0.25, 0.3) is 0 Å². The maximum atomic E-state index is 11.8. The summed E-state index contributed by atoms with van der Waals surface area (Å²) in [7, 11) is 0. The third kappa shape index (κ3) is 7.71. The van der Waals surface area contributed by atoms with Crippen molar-refractivity contribution in [3.8, 4) is 0 Å². The quantitative estimate of drug-likeness (QED) is 0.293. The Kier molecular flexibility index (Phi) is 9.76. The molecule has 0 aromatic heterocycles. The molecular weight excluding hydrogens is 280 g/mol. The molecule has 1 fully saturated rings. The molecule has 1 aliphatic rings. The maximum absolute atomic E-state index is 11.8. The van der Waals surface area contributed by atoms with Gasteiger partial charge >= 0.3 is 5.97 Å². The predicted molar refractivity (Wildman–Crippen MR) is 85.5 cm³/mol. The van der Waals surface area contributed by atoms with Crippen LogP contribution in [0.4, 0.5) is 0 Å². The van der Waals surface area contributed by atoms with Gasteiger partial charge in [-0.15, -0.1) is 0 Å². The van der Waals surface area contributed by atoms with E-state index >= 15 is 0 Å². The van der Waals surface area contributed by atoms with Crippen LogP contribution in [0.5, 0.6) is 0 Å². The fraction of sp³-hybridized carbons (Fsp3) is 0.833. The van der Waals surface area contributed by atoms with Gasteiger partial charge < -0.3 is 4.74 Å². The summed E-state index contributed by atoms with van der Waals surface area (Å²) in [6, 6.07) is 0. The lowest BCUT2D eigenvalue weighted by Gasteiger charge is -2.04. The zero-order valence-corrected chi connectivity index (χ0v) is 13.9. The van der Waals surface area contributed by atoms with E-state index in [1.54, 1.807) is 0 Å². The number of rotatable bonds is 13. The Bertz CT molecular complexity index is 362. The first-order valence-electron chi connectivity index (χ1n) is 8.86. The van der Waals surface area contributed by atoms with Crippen LogP contribution in [0.15, 0.2) is 0 Å². The molecule has 0 radical (unpaired) electrons. The van der Waals surface area contributed by atoms with Crippen molar-refractivity contribution in [1.29, 1.82) is 0 Å². The van der Waals surface area contributed by atoms with E-state index in [0.717, 1.165) is 12.8 Å². The molecule has 1 saturated heterocycles. The number of hydrogen-bond donors (Lipinski definition) is 0. The highest BCUT2D eigenvalue weighted by Gasteiger charge is 2.33. The number of carbonyl (C=O) groups excluding carboxylic acids is 3. The van der Waals surface area contributed by atoms with Crippen LogP contribution in [0.3, 0.4) is 0 Å². The van der Waals surface area contributed by atoms with E-state index in [0.29, 0.717) is 19.4 Å². The van der Waals surface area contributed by atoms with Crippen molar-refractivity contribution in [1.82, 2.24) is 0 Å². The zero-order chi connectivity index (χ0) is 16.2. The lowest BCUT2D eigenvalue weighted by Crippen LogP contribution is -2.22. The first-order chi connectivity index (χ1) is 10.6. The summed E-state index contributed by atoms with van der Waals surface area (Å²) in [6.07, 6.45) is 11.7. The molecule has 0 aliphatic carbocycles. The Balaban J connectivity index is 1.97. The molecular formula is C18H30O4. The van der Waals surface area contributed by atoms with E-state index in [2.05, 4.69) is 6.92 Å². The molecule has 0 amide bonds. The molecule has 4 nitrogen and oxygen atoms in total. The molecule has 0 N–H and O–H groups in total. The minimum atomic E-state index is -0.688. The number of carbonyl (C=O) groups is 3. The number of ketones is 2. The van der Waals surface area contributed by atoms with E-state index in [4.69, 9.17) is 4.74 Å². The standard InChI is InChI=1S/C18H30O4/c1-2-3-4-5-6-7-8-9-10-11-15(19)14-17(20)16-12-13-22-18(16)21/h16H,2-14H2,1H3/t16-/m1/s1. The van der Waals surface area contributed by atoms with Crippen LogP contribution in [0, 0.1) is 5.92 Å². The van der Waals surface area contributed by atoms with Gasteiger partial charge in [-0.1, -0.05) is 58.3 Å². The molecule has 0 saturated carbocycles. The van der Waals surface area contributed by atoms with E-state index in [1.165, 1.54) is 44.9 Å². The van der Waals surface area contributed by atoms with E-state index in [1.807, 2.05) is 0 Å². The van der Waals surface area contributed by atoms with Crippen LogP contribution >= 0.6 is 0 Å². The zero-order valence-electron chi connectivity index (χ0n) is 13.9. The number of Topliss-reactive ketones (excluding diaryl/α,β-unsaturated/α-hetero) is 2. The third-order valence-corrected chi connectivity index (χ3v) is 4.25. The molecule has 4 heteroatoms. The smallest absolute Gasteiger partial charge is 0.316 e. The Hall–Kier alpha value is -1.19. The average Bonchev–Trinajstić information content (AvgIpc) is 2.91. The van der Waals surface area contributed by atoms with Crippen LogP contribution in [-0.4, -0.2) is 24.1 Å². The summed E-state index contributed by atoms with van der Waals surface area (Å²) in [5.41, 5.74) is 0. The number of cyclic esters (lactones) is 1. The normalized spacial score (nSPS) is 17.5. The summed E-state index contributed by atoms with van der Waals surface area (Å²) in [4.78, 5) is 34.8. The molecule has 0 spiro atoms. The van der Waals surface area contributed by atoms with Crippen molar-refractivity contribution in [3.05, 3.63) is 0 Å². The topological polar surface area (TPSA) is 60.4 Å². The van der Waals surface area contributed by atoms with Crippen molar-refractivity contribution in [2.75, 3.05) is 6.61 Å². The second-order valence-electron chi connectivity index (χ2n) is 6.27. The second kappa shape index (κ2) is 11.4. The highest BCUT2D eigenvalue weighted by Crippen LogP contribution is 2.18. The number of hydrogen-bond acceptors (Lipinski definition) is 4. The highest BCUT2D eigenvalue weighted by atomic mass is 16.5. The van der Waals surface area contributed by atoms with Gasteiger partial charge in [-0.25, -0.2) is 0 Å². The Morgan fingerprint density at radius 3 is 2.14 bits per heavy atom. The minimum Gasteiger partial charge on any atom is -0.465 e. The van der Waals surface area contributed by atoms with E-state index in [-0.39, 0.29) is 18.0 Å². The second-order valence-corrected chi connectivity index (χ2v) is 6.27. The van der Waals surface area contributed by atoms with Crippen LogP contribution < -0.4 is 0 Å². The minimum absolute atomic E-state index is 0.0346. The van der Waals surface area contributed by atoms with Gasteiger partial charge in [-0.05, 0) is 6.42 Å². The molecule has 1 heterocycles. The largest absolute Gasteiger partial charge is 0.465 e. The third-order valence-electron chi connectivity index (χ3n) is 4.25. The fourth-order valence-electron chi connectivity index (χ4n) is 2.83. The molecule has 22 heavy (non-hydrogen) atoms. The van der Waals surface area contributed by atoms with Gasteiger partial charge in [0.05, 0.1) is 13.0 Å². The lowest BCUT2D eigenvalue weighted by atomic mass is 9.96. The summed E-state index contributed by atoms with van der Waals surface area (Å²) in [6.45, 7) is 2.53. The molecule has 1 atom stereocenters. The van der Waals surface area contributed by atoms with Crippen LogP contribution in [0.25, 0.3) is 0 Å². The summed E-state index contributed by atoms with van der Waals surface area (Å²) >= 11 is 0. The first kappa shape index (κ1) is 18.9. The number of unbranched alkanes of at least 4 members (excludes halogenated alkanes) is 8. The van der Waals surface area contributed by atoms with Gasteiger partial charge in [0, 0.05) is 12.8 Å².